The molecular weight excluding hydrogens is 1420 g/mol. The first kappa shape index (κ1) is 69.9. The summed E-state index contributed by atoms with van der Waals surface area (Å²) in [5, 5.41) is 36.9. The lowest BCUT2D eigenvalue weighted by molar-refractivity contribution is 1.06. The Kier molecular flexibility index (Phi) is 18.5. The molecule has 0 bridgehead atoms. The molecule has 0 atom stereocenters. The van der Waals surface area contributed by atoms with Crippen molar-refractivity contribution in [3.8, 4) is 199 Å². The summed E-state index contributed by atoms with van der Waals surface area (Å²) >= 11 is 0. The van der Waals surface area contributed by atoms with Crippen LogP contribution < -0.4 is 0 Å². The molecule has 4 heterocycles. The number of hydrogen-bond donors (Lipinski definition) is 0. The lowest BCUT2D eigenvalue weighted by atomic mass is 9.83. The highest BCUT2D eigenvalue weighted by atomic mass is 15.1. The van der Waals surface area contributed by atoms with Crippen molar-refractivity contribution in [2.75, 3.05) is 0 Å². The van der Waals surface area contributed by atoms with E-state index in [1.165, 1.54) is 0 Å². The van der Waals surface area contributed by atoms with E-state index in [1.54, 1.807) is 0 Å². The molecular formula is C103H61N13. The van der Waals surface area contributed by atoms with Gasteiger partial charge in [-0.05, 0) is 104 Å². The third-order valence-electron chi connectivity index (χ3n) is 20.7. The normalized spacial score (nSPS) is 11.1. The topological polar surface area (TPSA) is 200 Å². The average Bonchev–Trinajstić information content (AvgIpc) is 0.733. The number of nitrogens with zero attached hydrogens (tertiary/aromatic N) is 13. The minimum absolute atomic E-state index is 0.147. The van der Waals surface area contributed by atoms with Crippen LogP contribution in [0.1, 0.15) is 16.7 Å². The second-order valence-corrected chi connectivity index (χ2v) is 27.9. The lowest BCUT2D eigenvalue weighted by Crippen LogP contribution is -2.07. The summed E-state index contributed by atoms with van der Waals surface area (Å²) in [5.74, 6) is 2.89. The molecule has 0 aliphatic carbocycles. The van der Waals surface area contributed by atoms with Crippen LogP contribution in [-0.4, -0.2) is 49.8 Å². The molecule has 19 rings (SSSR count). The first-order chi connectivity index (χ1) is 57.3. The van der Waals surface area contributed by atoms with E-state index in [4.69, 9.17) is 49.8 Å². The van der Waals surface area contributed by atoms with E-state index in [1.807, 2.05) is 255 Å². The Morgan fingerprint density at radius 3 is 0.914 bits per heavy atom. The molecule has 0 unspecified atom stereocenters. The summed E-state index contributed by atoms with van der Waals surface area (Å²) in [5.41, 5.74) is 20.3. The van der Waals surface area contributed by atoms with Crippen LogP contribution >= 0.6 is 0 Å². The van der Waals surface area contributed by atoms with Crippen LogP contribution in [0.5, 0.6) is 0 Å². The summed E-state index contributed by atoms with van der Waals surface area (Å²) in [4.78, 5) is 52.1. The summed E-state index contributed by atoms with van der Waals surface area (Å²) in [6.07, 6.45) is 0. The zero-order valence-electron chi connectivity index (χ0n) is 62.0. The Hall–Kier alpha value is -16.5. The van der Waals surface area contributed by atoms with Crippen LogP contribution in [0, 0.1) is 34.0 Å². The zero-order valence-corrected chi connectivity index (χ0v) is 62.0. The van der Waals surface area contributed by atoms with Crippen molar-refractivity contribution in [2.24, 2.45) is 0 Å². The van der Waals surface area contributed by atoms with E-state index in [-0.39, 0.29) is 33.9 Å². The number of nitriles is 3. The van der Waals surface area contributed by atoms with Crippen LogP contribution in [0.4, 0.5) is 0 Å². The Morgan fingerprint density at radius 2 is 0.491 bits per heavy atom. The molecule has 538 valence electrons. The fourth-order valence-electron chi connectivity index (χ4n) is 15.1. The van der Waals surface area contributed by atoms with Gasteiger partial charge in [-0.3, -0.25) is 0 Å². The molecule has 116 heavy (non-hydrogen) atoms. The largest absolute Gasteiger partial charge is 0.228 e. The van der Waals surface area contributed by atoms with Crippen molar-refractivity contribution >= 4 is 21.5 Å². The minimum Gasteiger partial charge on any atom is -0.228 e. The van der Waals surface area contributed by atoms with E-state index in [0.717, 1.165) is 128 Å². The first-order valence-corrected chi connectivity index (χ1v) is 37.9. The van der Waals surface area contributed by atoms with Gasteiger partial charge >= 0.3 is 0 Å². The van der Waals surface area contributed by atoms with Gasteiger partial charge in [0.2, 0.25) is 0 Å². The molecule has 13 nitrogen and oxygen atoms in total. The highest BCUT2D eigenvalue weighted by molar-refractivity contribution is 6.11. The van der Waals surface area contributed by atoms with Crippen LogP contribution in [0.15, 0.2) is 370 Å². The van der Waals surface area contributed by atoms with E-state index in [2.05, 4.69) is 133 Å². The highest BCUT2D eigenvalue weighted by Crippen LogP contribution is 2.48. The van der Waals surface area contributed by atoms with Crippen LogP contribution in [0.2, 0.25) is 0 Å². The fraction of sp³-hybridized carbons (Fsp3) is 0. The lowest BCUT2D eigenvalue weighted by Gasteiger charge is -2.21. The number of aromatic nitrogens is 10. The van der Waals surface area contributed by atoms with Crippen molar-refractivity contribution in [1.29, 1.82) is 15.8 Å². The van der Waals surface area contributed by atoms with Crippen molar-refractivity contribution in [3.05, 3.63) is 387 Å². The number of benzene rings is 15. The number of hydrogen-bond acceptors (Lipinski definition) is 13. The average molecular weight is 1480 g/mol. The van der Waals surface area contributed by atoms with Gasteiger partial charge in [-0.2, -0.15) is 15.8 Å². The molecule has 0 saturated carbocycles. The highest BCUT2D eigenvalue weighted by Gasteiger charge is 2.30. The van der Waals surface area contributed by atoms with Crippen molar-refractivity contribution in [1.82, 2.24) is 49.8 Å². The maximum absolute atomic E-state index is 12.0. The SMILES string of the molecule is N#Cc1ccc(-c2cc3ccccc3c(-c3cccc(-c4cc(-c5ccccc5)nc(-c5ccc(-c6ccc7c(C#N)c(-c8nc(-c9ccccc9)nc(-c9ccccc9)n8)c(-c8nc(-c9ccccc9)nc(-c9ccccc9)n8)c(C#N)c7c6)cc5)n4)c3)c2-c2cccc(-c3cc(-c4ccccc4)nc(-c4ccccc4)n3)c2)cc1. The maximum Gasteiger partial charge on any atom is 0.166 e. The van der Waals surface area contributed by atoms with Crippen LogP contribution in [-0.2, 0) is 0 Å². The predicted molar refractivity (Wildman–Crippen MR) is 461 cm³/mol. The Bertz CT molecular complexity index is 6940. The molecule has 4 aromatic heterocycles. The van der Waals surface area contributed by atoms with Gasteiger partial charge in [-0.25, -0.2) is 49.8 Å². The van der Waals surface area contributed by atoms with E-state index in [0.29, 0.717) is 57.0 Å². The van der Waals surface area contributed by atoms with Gasteiger partial charge < -0.3 is 0 Å². The molecule has 0 radical (unpaired) electrons. The molecule has 0 amide bonds. The minimum atomic E-state index is 0.147. The molecule has 0 aliphatic rings. The van der Waals surface area contributed by atoms with E-state index in [9.17, 15) is 15.8 Å². The zero-order chi connectivity index (χ0) is 77.8. The van der Waals surface area contributed by atoms with Gasteiger partial charge in [-0.1, -0.05) is 322 Å². The monoisotopic (exact) mass is 1480 g/mol. The summed E-state index contributed by atoms with van der Waals surface area (Å²) in [6.45, 7) is 0. The van der Waals surface area contributed by atoms with Gasteiger partial charge in [0.25, 0.3) is 0 Å². The number of rotatable bonds is 16. The van der Waals surface area contributed by atoms with Crippen LogP contribution in [0.25, 0.3) is 202 Å². The molecule has 0 fully saturated rings. The molecule has 0 N–H and O–H groups in total. The van der Waals surface area contributed by atoms with Crippen LogP contribution in [0.3, 0.4) is 0 Å². The van der Waals surface area contributed by atoms with Gasteiger partial charge in [-0.15, -0.1) is 0 Å². The standard InChI is InChI=1S/C103H61N13/c104-62-65-46-48-67(49-47-65)84-59-77-40-22-23-45-82(77)92(93(84)81-44-25-42-79(57-81)90-60-88(68-26-8-1-9-27-68)107-96(109-90)70-30-12-3-13-31-70)80-43-24-41-78(56-80)91-61-89(69-28-10-2-11-29-69)108-97(110-91)75-52-50-66(51-53-75)76-54-55-83-85(58-76)87(64-106)95(103-115-100(73-36-18-6-19-37-73)112-101(116-103)74-38-20-7-21-39-74)94(86(83)63-105)102-113-98(71-32-14-4-15-33-71)111-99(114-102)72-34-16-5-17-35-72/h1-61H. The summed E-state index contributed by atoms with van der Waals surface area (Å²) < 4.78 is 0. The van der Waals surface area contributed by atoms with E-state index < -0.39 is 0 Å². The molecule has 13 heteroatoms. The Morgan fingerprint density at radius 1 is 0.172 bits per heavy atom. The van der Waals surface area contributed by atoms with Gasteiger partial charge in [0.05, 0.1) is 56.7 Å². The fourth-order valence-corrected chi connectivity index (χ4v) is 15.1. The predicted octanol–water partition coefficient (Wildman–Crippen LogP) is 24.2. The van der Waals surface area contributed by atoms with Crippen molar-refractivity contribution in [2.45, 2.75) is 0 Å². The smallest absolute Gasteiger partial charge is 0.166 e. The van der Waals surface area contributed by atoms with Crippen molar-refractivity contribution < 1.29 is 0 Å². The molecule has 0 saturated heterocycles. The van der Waals surface area contributed by atoms with E-state index >= 15 is 0 Å². The van der Waals surface area contributed by atoms with Gasteiger partial charge in [0.15, 0.2) is 46.6 Å². The van der Waals surface area contributed by atoms with Gasteiger partial charge in [0.1, 0.15) is 12.1 Å². The quantitative estimate of drug-likeness (QED) is 0.0885. The molecule has 0 aliphatic heterocycles. The van der Waals surface area contributed by atoms with Gasteiger partial charge in [0, 0.05) is 66.4 Å². The Labute approximate surface area is 668 Å². The van der Waals surface area contributed by atoms with Crippen molar-refractivity contribution in [3.63, 3.8) is 0 Å². The summed E-state index contributed by atoms with van der Waals surface area (Å²) in [6, 6.07) is 130. The molecule has 0 spiro atoms. The Balaban J connectivity index is 0.753. The summed E-state index contributed by atoms with van der Waals surface area (Å²) in [7, 11) is 0. The molecule has 15 aromatic carbocycles. The third kappa shape index (κ3) is 13.7. The second kappa shape index (κ2) is 30.7. The second-order valence-electron chi connectivity index (χ2n) is 27.9. The maximum atomic E-state index is 12.0. The number of fused-ring (bicyclic) bond motifs is 2. The third-order valence-corrected chi connectivity index (χ3v) is 20.7. The first-order valence-electron chi connectivity index (χ1n) is 37.9. The molecule has 19 aromatic rings.